The number of pyridine rings is 1. The fraction of sp³-hybridized carbons (Fsp3) is 0.316. The van der Waals surface area contributed by atoms with Crippen molar-refractivity contribution < 1.29 is 18.0 Å². The van der Waals surface area contributed by atoms with Crippen LogP contribution in [0.2, 0.25) is 0 Å². The number of rotatable bonds is 3. The Morgan fingerprint density at radius 2 is 1.56 bits per heavy atom. The van der Waals surface area contributed by atoms with Crippen LogP contribution in [-0.2, 0) is 9.84 Å². The maximum absolute atomic E-state index is 12.8. The lowest BCUT2D eigenvalue weighted by Crippen LogP contribution is -2.37. The molecule has 0 saturated carbocycles. The summed E-state index contributed by atoms with van der Waals surface area (Å²) < 4.78 is 23.4. The van der Waals surface area contributed by atoms with Crippen molar-refractivity contribution in [2.45, 2.75) is 11.3 Å². The molecule has 2 aromatic rings. The first-order chi connectivity index (χ1) is 12.9. The molecule has 142 valence electrons. The number of aromatic nitrogens is 1. The highest BCUT2D eigenvalue weighted by Gasteiger charge is 2.24. The molecule has 0 N–H and O–H groups in total. The Morgan fingerprint density at radius 3 is 2.15 bits per heavy atom. The summed E-state index contributed by atoms with van der Waals surface area (Å²) in [5.74, 6) is -0.326. The molecule has 1 fully saturated rings. The summed E-state index contributed by atoms with van der Waals surface area (Å²) in [6.45, 7) is 1.89. The molecule has 1 aliphatic rings. The first kappa shape index (κ1) is 19.0. The molecule has 2 heterocycles. The second-order valence-electron chi connectivity index (χ2n) is 6.48. The van der Waals surface area contributed by atoms with Gasteiger partial charge in [0.05, 0.1) is 10.5 Å². The first-order valence-electron chi connectivity index (χ1n) is 8.65. The summed E-state index contributed by atoms with van der Waals surface area (Å²) >= 11 is 0. The van der Waals surface area contributed by atoms with Gasteiger partial charge in [0.1, 0.15) is 0 Å². The second-order valence-corrected chi connectivity index (χ2v) is 8.50. The molecule has 8 heteroatoms. The Morgan fingerprint density at radius 1 is 0.926 bits per heavy atom. The number of benzene rings is 1. The Labute approximate surface area is 158 Å². The lowest BCUT2D eigenvalue weighted by Gasteiger charge is -2.22. The van der Waals surface area contributed by atoms with Crippen molar-refractivity contribution in [1.82, 2.24) is 14.8 Å². The molecule has 27 heavy (non-hydrogen) atoms. The van der Waals surface area contributed by atoms with Crippen LogP contribution < -0.4 is 0 Å². The van der Waals surface area contributed by atoms with Gasteiger partial charge in [0.2, 0.25) is 0 Å². The molecule has 1 aromatic carbocycles. The van der Waals surface area contributed by atoms with Crippen molar-refractivity contribution in [2.75, 3.05) is 32.4 Å². The quantitative estimate of drug-likeness (QED) is 0.796. The average Bonchev–Trinajstić information content (AvgIpc) is 2.93. The lowest BCUT2D eigenvalue weighted by molar-refractivity contribution is 0.0718. The van der Waals surface area contributed by atoms with Crippen molar-refractivity contribution in [3.63, 3.8) is 0 Å². The predicted octanol–water partition coefficient (Wildman–Crippen LogP) is 1.47. The minimum absolute atomic E-state index is 0.100. The Kier molecular flexibility index (Phi) is 5.55. The van der Waals surface area contributed by atoms with Crippen LogP contribution in [0.25, 0.3) is 0 Å². The Hall–Kier alpha value is -2.74. The molecule has 1 aromatic heterocycles. The largest absolute Gasteiger partial charge is 0.337 e. The van der Waals surface area contributed by atoms with E-state index in [4.69, 9.17) is 0 Å². The van der Waals surface area contributed by atoms with Gasteiger partial charge in [-0.25, -0.2) is 8.42 Å². The Bertz CT molecular complexity index is 944. The van der Waals surface area contributed by atoms with Crippen LogP contribution in [0.4, 0.5) is 0 Å². The van der Waals surface area contributed by atoms with Crippen molar-refractivity contribution in [1.29, 1.82) is 0 Å². The van der Waals surface area contributed by atoms with Gasteiger partial charge in [0.25, 0.3) is 11.8 Å². The van der Waals surface area contributed by atoms with Gasteiger partial charge in [0.15, 0.2) is 9.84 Å². The molecule has 1 aliphatic heterocycles. The monoisotopic (exact) mass is 387 g/mol. The van der Waals surface area contributed by atoms with E-state index in [1.54, 1.807) is 40.3 Å². The highest BCUT2D eigenvalue weighted by atomic mass is 32.2. The zero-order valence-electron chi connectivity index (χ0n) is 15.0. The number of hydrogen-bond acceptors (Lipinski definition) is 5. The predicted molar refractivity (Wildman–Crippen MR) is 100 cm³/mol. The van der Waals surface area contributed by atoms with E-state index in [9.17, 15) is 18.0 Å². The third kappa shape index (κ3) is 4.51. The molecule has 0 unspecified atom stereocenters. The highest BCUT2D eigenvalue weighted by Crippen LogP contribution is 2.15. The molecule has 3 rings (SSSR count). The first-order valence-corrected chi connectivity index (χ1v) is 10.5. The van der Waals surface area contributed by atoms with Crippen molar-refractivity contribution >= 4 is 21.7 Å². The van der Waals surface area contributed by atoms with Gasteiger partial charge in [-0.05, 0) is 36.8 Å². The summed E-state index contributed by atoms with van der Waals surface area (Å²) in [5.41, 5.74) is 0.864. The molecule has 0 spiro atoms. The molecule has 0 radical (unpaired) electrons. The van der Waals surface area contributed by atoms with E-state index >= 15 is 0 Å². The molecular weight excluding hydrogens is 366 g/mol. The van der Waals surface area contributed by atoms with Crippen LogP contribution in [0.15, 0.2) is 53.7 Å². The zero-order chi connectivity index (χ0) is 19.4. The second kappa shape index (κ2) is 7.87. The van der Waals surface area contributed by atoms with E-state index < -0.39 is 9.84 Å². The molecule has 0 bridgehead atoms. The summed E-state index contributed by atoms with van der Waals surface area (Å²) in [7, 11) is -3.38. The summed E-state index contributed by atoms with van der Waals surface area (Å²) in [6.07, 6.45) is 4.92. The van der Waals surface area contributed by atoms with Crippen molar-refractivity contribution in [3.8, 4) is 0 Å². The molecule has 7 nitrogen and oxygen atoms in total. The minimum Gasteiger partial charge on any atom is -0.337 e. The van der Waals surface area contributed by atoms with Crippen molar-refractivity contribution in [2.24, 2.45) is 0 Å². The van der Waals surface area contributed by atoms with Gasteiger partial charge in [-0.2, -0.15) is 0 Å². The summed E-state index contributed by atoms with van der Waals surface area (Å²) in [4.78, 5) is 32.8. The SMILES string of the molecule is CS(=O)(=O)c1cccc(C(=O)N2CCCN(C(=O)c3cccnc3)CC2)c1. The van der Waals surface area contributed by atoms with E-state index in [1.165, 1.54) is 18.3 Å². The van der Waals surface area contributed by atoms with Gasteiger partial charge >= 0.3 is 0 Å². The maximum Gasteiger partial charge on any atom is 0.255 e. The molecular formula is C19H21N3O4S. The smallest absolute Gasteiger partial charge is 0.255 e. The lowest BCUT2D eigenvalue weighted by atomic mass is 10.2. The van der Waals surface area contributed by atoms with Crippen LogP contribution >= 0.6 is 0 Å². The molecule has 0 atom stereocenters. The van der Waals surface area contributed by atoms with Gasteiger partial charge in [-0.3, -0.25) is 14.6 Å². The fourth-order valence-electron chi connectivity index (χ4n) is 3.04. The van der Waals surface area contributed by atoms with Gasteiger partial charge in [-0.15, -0.1) is 0 Å². The van der Waals surface area contributed by atoms with Crippen LogP contribution in [0.5, 0.6) is 0 Å². The molecule has 2 amide bonds. The van der Waals surface area contributed by atoms with Crippen LogP contribution in [0, 0.1) is 0 Å². The van der Waals surface area contributed by atoms with Gasteiger partial charge in [0, 0.05) is 50.4 Å². The number of hydrogen-bond donors (Lipinski definition) is 0. The Balaban J connectivity index is 1.71. The number of carbonyl (C=O) groups is 2. The summed E-state index contributed by atoms with van der Waals surface area (Å²) in [6, 6.07) is 9.50. The fourth-order valence-corrected chi connectivity index (χ4v) is 3.70. The van der Waals surface area contributed by atoms with E-state index in [-0.39, 0.29) is 16.7 Å². The number of nitrogens with zero attached hydrogens (tertiary/aromatic N) is 3. The number of sulfone groups is 1. The topological polar surface area (TPSA) is 87.7 Å². The van der Waals surface area contributed by atoms with Gasteiger partial charge < -0.3 is 9.80 Å². The standard InChI is InChI=1S/C19H21N3O4S/c1-27(25,26)17-7-2-5-15(13-17)18(23)21-9-4-10-22(12-11-21)19(24)16-6-3-8-20-14-16/h2-3,5-8,13-14H,4,9-12H2,1H3. The molecule has 1 saturated heterocycles. The highest BCUT2D eigenvalue weighted by molar-refractivity contribution is 7.90. The minimum atomic E-state index is -3.38. The van der Waals surface area contributed by atoms with E-state index in [2.05, 4.69) is 4.98 Å². The number of carbonyl (C=O) groups excluding carboxylic acids is 2. The van der Waals surface area contributed by atoms with Gasteiger partial charge in [-0.1, -0.05) is 6.07 Å². The van der Waals surface area contributed by atoms with Crippen LogP contribution in [-0.4, -0.2) is 67.5 Å². The average molecular weight is 387 g/mol. The third-order valence-corrected chi connectivity index (χ3v) is 5.60. The number of amides is 2. The zero-order valence-corrected chi connectivity index (χ0v) is 15.9. The van der Waals surface area contributed by atoms with E-state index in [0.717, 1.165) is 6.26 Å². The van der Waals surface area contributed by atoms with Crippen LogP contribution in [0.1, 0.15) is 27.1 Å². The molecule has 0 aliphatic carbocycles. The van der Waals surface area contributed by atoms with Crippen LogP contribution in [0.3, 0.4) is 0 Å². The maximum atomic E-state index is 12.8. The van der Waals surface area contributed by atoms with E-state index in [1.807, 2.05) is 0 Å². The third-order valence-electron chi connectivity index (χ3n) is 4.49. The summed E-state index contributed by atoms with van der Waals surface area (Å²) in [5, 5.41) is 0. The normalized spacial score (nSPS) is 15.3. The van der Waals surface area contributed by atoms with E-state index in [0.29, 0.717) is 43.7 Å². The van der Waals surface area contributed by atoms with Crippen molar-refractivity contribution in [3.05, 3.63) is 59.9 Å².